The van der Waals surface area contributed by atoms with Gasteiger partial charge < -0.3 is 15.6 Å². The number of ether oxygens (including phenoxy) is 1. The van der Waals surface area contributed by atoms with E-state index in [1.807, 2.05) is 18.2 Å². The second-order valence-corrected chi connectivity index (χ2v) is 5.04. The summed E-state index contributed by atoms with van der Waals surface area (Å²) in [7, 11) is 1.59. The lowest BCUT2D eigenvalue weighted by atomic mass is 10.0. The van der Waals surface area contributed by atoms with Gasteiger partial charge in [0, 0.05) is 5.56 Å². The van der Waals surface area contributed by atoms with E-state index < -0.39 is 6.10 Å². The molecule has 0 aliphatic carbocycles. The van der Waals surface area contributed by atoms with E-state index in [0.717, 1.165) is 18.4 Å². The van der Waals surface area contributed by atoms with Crippen LogP contribution in [0.3, 0.4) is 0 Å². The molecule has 0 fully saturated rings. The number of nitrogen functional groups attached to an aromatic ring is 1. The van der Waals surface area contributed by atoms with Crippen LogP contribution in [0, 0.1) is 0 Å². The van der Waals surface area contributed by atoms with Crippen molar-refractivity contribution >= 4 is 5.69 Å². The van der Waals surface area contributed by atoms with E-state index in [9.17, 15) is 5.11 Å². The minimum absolute atomic E-state index is 0.485. The summed E-state index contributed by atoms with van der Waals surface area (Å²) in [5, 5.41) is 10.2. The Morgan fingerprint density at radius 2 is 1.84 bits per heavy atom. The van der Waals surface area contributed by atoms with Crippen molar-refractivity contribution in [2.75, 3.05) is 12.8 Å². The number of anilines is 1. The maximum Gasteiger partial charge on any atom is 0.142 e. The maximum atomic E-state index is 10.2. The molecular weight excluding hydrogens is 238 g/mol. The first-order chi connectivity index (χ1) is 9.20. The van der Waals surface area contributed by atoms with Crippen LogP contribution < -0.4 is 10.5 Å². The summed E-state index contributed by atoms with van der Waals surface area (Å²) in [6.45, 7) is 2.22. The maximum absolute atomic E-state index is 10.2. The summed E-state index contributed by atoms with van der Waals surface area (Å²) in [5.74, 6) is 0.638. The monoisotopic (exact) mass is 265 g/mol. The molecule has 1 atom stereocenters. The molecule has 1 aromatic carbocycles. The molecule has 3 nitrogen and oxygen atoms in total. The Morgan fingerprint density at radius 1 is 1.16 bits per heavy atom. The van der Waals surface area contributed by atoms with Gasteiger partial charge in [-0.25, -0.2) is 0 Å². The molecule has 0 heterocycles. The summed E-state index contributed by atoms with van der Waals surface area (Å²) >= 11 is 0. The molecule has 0 spiro atoms. The van der Waals surface area contributed by atoms with E-state index in [4.69, 9.17) is 10.5 Å². The van der Waals surface area contributed by atoms with Gasteiger partial charge in [0.2, 0.25) is 0 Å². The average molecular weight is 265 g/mol. The average Bonchev–Trinajstić information content (AvgIpc) is 2.42. The molecule has 0 aliphatic rings. The Labute approximate surface area is 116 Å². The highest BCUT2D eigenvalue weighted by Gasteiger charge is 2.13. The number of aliphatic hydroxyl groups excluding tert-OH is 1. The van der Waals surface area contributed by atoms with Crippen LogP contribution in [-0.2, 0) is 0 Å². The van der Waals surface area contributed by atoms with E-state index in [-0.39, 0.29) is 0 Å². The van der Waals surface area contributed by atoms with Crippen molar-refractivity contribution in [3.8, 4) is 5.75 Å². The molecule has 0 aromatic heterocycles. The van der Waals surface area contributed by atoms with Gasteiger partial charge in [0.1, 0.15) is 5.75 Å². The Bertz CT molecular complexity index is 366. The Hall–Kier alpha value is -1.22. The molecule has 0 saturated carbocycles. The van der Waals surface area contributed by atoms with Crippen LogP contribution in [0.1, 0.15) is 63.5 Å². The summed E-state index contributed by atoms with van der Waals surface area (Å²) in [5.41, 5.74) is 7.32. The third-order valence-corrected chi connectivity index (χ3v) is 3.51. The lowest BCUT2D eigenvalue weighted by molar-refractivity contribution is 0.163. The number of hydrogen-bond donors (Lipinski definition) is 2. The van der Waals surface area contributed by atoms with Gasteiger partial charge in [-0.1, -0.05) is 57.6 Å². The highest BCUT2D eigenvalue weighted by molar-refractivity contribution is 5.59. The molecule has 3 heteroatoms. The van der Waals surface area contributed by atoms with Crippen molar-refractivity contribution in [2.24, 2.45) is 0 Å². The van der Waals surface area contributed by atoms with Gasteiger partial charge in [-0.3, -0.25) is 0 Å². The van der Waals surface area contributed by atoms with Gasteiger partial charge in [-0.2, -0.15) is 0 Å². The van der Waals surface area contributed by atoms with Crippen molar-refractivity contribution in [2.45, 2.75) is 58.0 Å². The van der Waals surface area contributed by atoms with Gasteiger partial charge in [-0.15, -0.1) is 0 Å². The Kier molecular flexibility index (Phi) is 7.34. The molecule has 0 bridgehead atoms. The first kappa shape index (κ1) is 15.8. The lowest BCUT2D eigenvalue weighted by Crippen LogP contribution is -2.04. The molecule has 0 amide bonds. The standard InChI is InChI=1S/C16H27NO2/c1-3-4-5-6-7-8-11-14(18)13-10-9-12-15(19-2)16(13)17/h9-10,12,14,18H,3-8,11,17H2,1-2H3. The van der Waals surface area contributed by atoms with E-state index in [1.165, 1.54) is 32.1 Å². The van der Waals surface area contributed by atoms with Crippen LogP contribution in [0.25, 0.3) is 0 Å². The van der Waals surface area contributed by atoms with E-state index >= 15 is 0 Å². The molecule has 1 rings (SSSR count). The zero-order chi connectivity index (χ0) is 14.1. The van der Waals surface area contributed by atoms with Crippen molar-refractivity contribution in [3.05, 3.63) is 23.8 Å². The molecule has 1 unspecified atom stereocenters. The molecule has 3 N–H and O–H groups in total. The molecular formula is C16H27NO2. The summed E-state index contributed by atoms with van der Waals surface area (Å²) < 4.78 is 5.17. The second kappa shape index (κ2) is 8.81. The number of aliphatic hydroxyl groups is 1. The molecule has 0 saturated heterocycles. The third kappa shape index (κ3) is 5.11. The smallest absolute Gasteiger partial charge is 0.142 e. The van der Waals surface area contributed by atoms with Crippen molar-refractivity contribution < 1.29 is 9.84 Å². The minimum atomic E-state index is -0.485. The van der Waals surface area contributed by atoms with Crippen LogP contribution in [0.2, 0.25) is 0 Å². The summed E-state index contributed by atoms with van der Waals surface area (Å²) in [6.07, 6.45) is 7.64. The predicted molar refractivity (Wildman–Crippen MR) is 80.4 cm³/mol. The number of rotatable bonds is 9. The molecule has 19 heavy (non-hydrogen) atoms. The van der Waals surface area contributed by atoms with Crippen LogP contribution >= 0.6 is 0 Å². The predicted octanol–water partition coefficient (Wildman–Crippen LogP) is 4.06. The van der Waals surface area contributed by atoms with E-state index in [0.29, 0.717) is 11.4 Å². The normalized spacial score (nSPS) is 12.4. The quantitative estimate of drug-likeness (QED) is 0.523. The fourth-order valence-corrected chi connectivity index (χ4v) is 2.30. The molecule has 0 aliphatic heterocycles. The van der Waals surface area contributed by atoms with Gasteiger partial charge in [0.15, 0.2) is 0 Å². The fourth-order valence-electron chi connectivity index (χ4n) is 2.30. The molecule has 0 radical (unpaired) electrons. The van der Waals surface area contributed by atoms with Crippen molar-refractivity contribution in [1.82, 2.24) is 0 Å². The molecule has 108 valence electrons. The zero-order valence-electron chi connectivity index (χ0n) is 12.2. The van der Waals surface area contributed by atoms with Gasteiger partial charge in [-0.05, 0) is 12.5 Å². The Balaban J connectivity index is 2.39. The first-order valence-electron chi connectivity index (χ1n) is 7.31. The van der Waals surface area contributed by atoms with Crippen molar-refractivity contribution in [3.63, 3.8) is 0 Å². The van der Waals surface area contributed by atoms with E-state index in [2.05, 4.69) is 6.92 Å². The Morgan fingerprint density at radius 3 is 2.53 bits per heavy atom. The first-order valence-corrected chi connectivity index (χ1v) is 7.31. The SMILES string of the molecule is CCCCCCCCC(O)c1cccc(OC)c1N. The summed E-state index contributed by atoms with van der Waals surface area (Å²) in [4.78, 5) is 0. The van der Waals surface area contributed by atoms with E-state index in [1.54, 1.807) is 7.11 Å². The number of benzene rings is 1. The lowest BCUT2D eigenvalue weighted by Gasteiger charge is -2.15. The van der Waals surface area contributed by atoms with Crippen LogP contribution in [-0.4, -0.2) is 12.2 Å². The van der Waals surface area contributed by atoms with Crippen LogP contribution in [0.5, 0.6) is 5.75 Å². The molecule has 1 aromatic rings. The van der Waals surface area contributed by atoms with Gasteiger partial charge in [0.05, 0.1) is 18.9 Å². The second-order valence-electron chi connectivity index (χ2n) is 5.04. The number of hydrogen-bond acceptors (Lipinski definition) is 3. The fraction of sp³-hybridized carbons (Fsp3) is 0.625. The minimum Gasteiger partial charge on any atom is -0.495 e. The van der Waals surface area contributed by atoms with Gasteiger partial charge >= 0.3 is 0 Å². The van der Waals surface area contributed by atoms with Crippen molar-refractivity contribution in [1.29, 1.82) is 0 Å². The van der Waals surface area contributed by atoms with Crippen LogP contribution in [0.15, 0.2) is 18.2 Å². The largest absolute Gasteiger partial charge is 0.495 e. The highest BCUT2D eigenvalue weighted by atomic mass is 16.5. The topological polar surface area (TPSA) is 55.5 Å². The zero-order valence-corrected chi connectivity index (χ0v) is 12.2. The highest BCUT2D eigenvalue weighted by Crippen LogP contribution is 2.31. The summed E-state index contributed by atoms with van der Waals surface area (Å²) in [6, 6.07) is 5.56. The van der Waals surface area contributed by atoms with Gasteiger partial charge in [0.25, 0.3) is 0 Å². The number of para-hydroxylation sites is 1. The van der Waals surface area contributed by atoms with Crippen LogP contribution in [0.4, 0.5) is 5.69 Å². The number of unbranched alkanes of at least 4 members (excludes halogenated alkanes) is 5. The number of nitrogens with two attached hydrogens (primary N) is 1. The third-order valence-electron chi connectivity index (χ3n) is 3.51. The number of methoxy groups -OCH3 is 1.